The van der Waals surface area contributed by atoms with Crippen molar-refractivity contribution >= 4 is 17.6 Å². The number of hydrogen-bond donors (Lipinski definition) is 2. The predicted octanol–water partition coefficient (Wildman–Crippen LogP) is 2.58. The summed E-state index contributed by atoms with van der Waals surface area (Å²) < 4.78 is 4.91. The Labute approximate surface area is 145 Å². The Morgan fingerprint density at radius 2 is 1.76 bits per heavy atom. The van der Waals surface area contributed by atoms with Gasteiger partial charge in [-0.3, -0.25) is 25.2 Å². The summed E-state index contributed by atoms with van der Waals surface area (Å²) in [6, 6.07) is 8.87. The first-order valence-electron chi connectivity index (χ1n) is 8.41. The van der Waals surface area contributed by atoms with Crippen molar-refractivity contribution in [2.75, 3.05) is 0 Å². The fourth-order valence-electron chi connectivity index (χ4n) is 2.94. The number of amides is 2. The van der Waals surface area contributed by atoms with Gasteiger partial charge in [0.1, 0.15) is 0 Å². The van der Waals surface area contributed by atoms with E-state index in [1.807, 2.05) is 18.2 Å². The number of hydrogen-bond acceptors (Lipinski definition) is 4. The van der Waals surface area contributed by atoms with Crippen molar-refractivity contribution in [1.82, 2.24) is 10.9 Å². The maximum atomic E-state index is 12.3. The molecule has 1 aliphatic rings. The highest BCUT2D eigenvalue weighted by Crippen LogP contribution is 2.22. The van der Waals surface area contributed by atoms with Crippen LogP contribution in [0.2, 0.25) is 0 Å². The topological polar surface area (TPSA) is 88.4 Å². The summed E-state index contributed by atoms with van der Waals surface area (Å²) in [4.78, 5) is 35.7. The molecule has 2 N–H and O–H groups in total. The Morgan fingerprint density at radius 1 is 0.960 bits per heavy atom. The lowest BCUT2D eigenvalue weighted by molar-refractivity contribution is -0.121. The summed E-state index contributed by atoms with van der Waals surface area (Å²) in [6.45, 7) is 0. The van der Waals surface area contributed by atoms with Crippen LogP contribution in [0.3, 0.4) is 0 Å². The zero-order chi connectivity index (χ0) is 17.6. The highest BCUT2D eigenvalue weighted by molar-refractivity contribution is 5.98. The highest BCUT2D eigenvalue weighted by Gasteiger charge is 2.15. The van der Waals surface area contributed by atoms with Crippen molar-refractivity contribution in [3.05, 3.63) is 59.0 Å². The van der Waals surface area contributed by atoms with E-state index in [9.17, 15) is 14.4 Å². The molecule has 0 unspecified atom stereocenters. The van der Waals surface area contributed by atoms with Crippen molar-refractivity contribution in [2.45, 2.75) is 38.5 Å². The molecule has 130 valence electrons. The number of carbonyl (C=O) groups is 3. The molecule has 3 rings (SSSR count). The first kappa shape index (κ1) is 17.0. The van der Waals surface area contributed by atoms with Crippen LogP contribution in [0.25, 0.3) is 0 Å². The molecule has 0 spiro atoms. The number of aryl methyl sites for hydroxylation is 2. The summed E-state index contributed by atoms with van der Waals surface area (Å²) in [5.41, 5.74) is 7.73. The van der Waals surface area contributed by atoms with E-state index in [2.05, 4.69) is 10.9 Å². The summed E-state index contributed by atoms with van der Waals surface area (Å²) >= 11 is 0. The van der Waals surface area contributed by atoms with E-state index in [0.717, 1.165) is 19.3 Å². The Kier molecular flexibility index (Phi) is 5.28. The van der Waals surface area contributed by atoms with E-state index in [-0.39, 0.29) is 24.4 Å². The largest absolute Gasteiger partial charge is 0.459 e. The molecular formula is C19H20N2O4. The van der Waals surface area contributed by atoms with Crippen LogP contribution in [0.5, 0.6) is 0 Å². The lowest BCUT2D eigenvalue weighted by Crippen LogP contribution is -2.41. The Balaban J connectivity index is 1.47. The molecule has 1 aromatic heterocycles. The minimum Gasteiger partial charge on any atom is -0.459 e. The molecule has 2 amide bonds. The number of carbonyl (C=O) groups excluding carboxylic acids is 3. The first-order valence-corrected chi connectivity index (χ1v) is 8.41. The number of rotatable bonds is 5. The van der Waals surface area contributed by atoms with Gasteiger partial charge >= 0.3 is 5.91 Å². The van der Waals surface area contributed by atoms with Crippen LogP contribution >= 0.6 is 0 Å². The van der Waals surface area contributed by atoms with E-state index in [1.54, 1.807) is 6.07 Å². The molecule has 1 aromatic carbocycles. The molecule has 6 nitrogen and oxygen atoms in total. The number of furan rings is 1. The lowest BCUT2D eigenvalue weighted by Gasteiger charge is -2.16. The molecule has 6 heteroatoms. The molecule has 0 saturated carbocycles. The van der Waals surface area contributed by atoms with Crippen LogP contribution in [-0.4, -0.2) is 17.6 Å². The zero-order valence-electron chi connectivity index (χ0n) is 13.8. The summed E-state index contributed by atoms with van der Waals surface area (Å²) in [6.07, 6.45) is 5.91. The summed E-state index contributed by atoms with van der Waals surface area (Å²) in [5.74, 6) is -0.933. The number of benzene rings is 1. The summed E-state index contributed by atoms with van der Waals surface area (Å²) in [7, 11) is 0. The van der Waals surface area contributed by atoms with E-state index >= 15 is 0 Å². The van der Waals surface area contributed by atoms with Crippen LogP contribution in [0, 0.1) is 0 Å². The van der Waals surface area contributed by atoms with Crippen LogP contribution < -0.4 is 10.9 Å². The quantitative estimate of drug-likeness (QED) is 0.647. The van der Waals surface area contributed by atoms with Crippen molar-refractivity contribution in [3.63, 3.8) is 0 Å². The minimum atomic E-state index is -0.542. The smallest absolute Gasteiger partial charge is 0.305 e. The first-order chi connectivity index (χ1) is 12.1. The molecular weight excluding hydrogens is 320 g/mol. The molecule has 0 fully saturated rings. The Morgan fingerprint density at radius 3 is 2.52 bits per heavy atom. The van der Waals surface area contributed by atoms with Gasteiger partial charge in [-0.15, -0.1) is 0 Å². The zero-order valence-corrected chi connectivity index (χ0v) is 13.8. The standard InChI is InChI=1S/C19H20N2O4/c22-16(15-8-7-13-4-1-2-5-14(13)12-15)9-10-18(23)20-21-19(24)17-6-3-11-25-17/h3,6-8,11-12H,1-2,4-5,9-10H2,(H,20,23)(H,21,24). The minimum absolute atomic E-state index is 0.00829. The van der Waals surface area contributed by atoms with E-state index in [1.165, 1.54) is 29.9 Å². The van der Waals surface area contributed by atoms with Gasteiger partial charge in [-0.2, -0.15) is 0 Å². The monoisotopic (exact) mass is 340 g/mol. The van der Waals surface area contributed by atoms with Crippen LogP contribution in [0.1, 0.15) is 57.7 Å². The average molecular weight is 340 g/mol. The highest BCUT2D eigenvalue weighted by atomic mass is 16.3. The van der Waals surface area contributed by atoms with E-state index in [0.29, 0.717) is 5.56 Å². The van der Waals surface area contributed by atoms with Gasteiger partial charge in [0.15, 0.2) is 11.5 Å². The molecule has 25 heavy (non-hydrogen) atoms. The number of nitrogens with one attached hydrogen (secondary N) is 2. The number of Topliss-reactive ketones (excluding diaryl/α,β-unsaturated/α-hetero) is 1. The van der Waals surface area contributed by atoms with E-state index < -0.39 is 11.8 Å². The number of hydrazine groups is 1. The van der Waals surface area contributed by atoms with E-state index in [4.69, 9.17) is 4.42 Å². The van der Waals surface area contributed by atoms with Gasteiger partial charge in [0.25, 0.3) is 0 Å². The third kappa shape index (κ3) is 4.35. The molecule has 0 aliphatic heterocycles. The van der Waals surface area contributed by atoms with Crippen LogP contribution in [-0.2, 0) is 17.6 Å². The second-order valence-corrected chi connectivity index (χ2v) is 6.09. The molecule has 1 aliphatic carbocycles. The van der Waals surface area contributed by atoms with Gasteiger partial charge < -0.3 is 4.42 Å². The fourth-order valence-corrected chi connectivity index (χ4v) is 2.94. The number of fused-ring (bicyclic) bond motifs is 1. The molecule has 0 saturated heterocycles. The number of ketones is 1. The lowest BCUT2D eigenvalue weighted by atomic mass is 9.89. The Hall–Kier alpha value is -2.89. The van der Waals surface area contributed by atoms with Crippen molar-refractivity contribution in [3.8, 4) is 0 Å². The van der Waals surface area contributed by atoms with Gasteiger partial charge in [-0.05, 0) is 55.0 Å². The molecule has 0 atom stereocenters. The van der Waals surface area contributed by atoms with Gasteiger partial charge in [0.05, 0.1) is 6.26 Å². The van der Waals surface area contributed by atoms with Gasteiger partial charge in [0, 0.05) is 18.4 Å². The van der Waals surface area contributed by atoms with Crippen molar-refractivity contribution in [1.29, 1.82) is 0 Å². The third-order valence-corrected chi connectivity index (χ3v) is 4.31. The van der Waals surface area contributed by atoms with Crippen LogP contribution in [0.15, 0.2) is 41.0 Å². The van der Waals surface area contributed by atoms with Gasteiger partial charge in [-0.1, -0.05) is 12.1 Å². The second kappa shape index (κ2) is 7.79. The van der Waals surface area contributed by atoms with Crippen molar-refractivity contribution < 1.29 is 18.8 Å². The average Bonchev–Trinajstić information content (AvgIpc) is 3.18. The third-order valence-electron chi connectivity index (χ3n) is 4.31. The predicted molar refractivity (Wildman–Crippen MR) is 91.0 cm³/mol. The SMILES string of the molecule is O=C(CCC(=O)c1ccc2c(c1)CCCC2)NNC(=O)c1ccco1. The molecule has 1 heterocycles. The van der Waals surface area contributed by atoms with Crippen molar-refractivity contribution in [2.24, 2.45) is 0 Å². The van der Waals surface area contributed by atoms with Gasteiger partial charge in [0.2, 0.25) is 5.91 Å². The second-order valence-electron chi connectivity index (χ2n) is 6.09. The van der Waals surface area contributed by atoms with Crippen LogP contribution in [0.4, 0.5) is 0 Å². The molecule has 0 bridgehead atoms. The normalized spacial score (nSPS) is 13.0. The molecule has 0 radical (unpaired) electrons. The van der Waals surface area contributed by atoms with Gasteiger partial charge in [-0.25, -0.2) is 0 Å². The maximum absolute atomic E-state index is 12.3. The molecule has 2 aromatic rings. The maximum Gasteiger partial charge on any atom is 0.305 e. The Bertz CT molecular complexity index is 781. The summed E-state index contributed by atoms with van der Waals surface area (Å²) in [5, 5.41) is 0. The fraction of sp³-hybridized carbons (Fsp3) is 0.316.